The molecule has 0 radical (unpaired) electrons. The smallest absolute Gasteiger partial charge is 0.264 e. The van der Waals surface area contributed by atoms with Crippen molar-refractivity contribution in [3.8, 4) is 11.4 Å². The molecule has 0 atom stereocenters. The number of sulfonamides is 1. The van der Waals surface area contributed by atoms with E-state index in [1.807, 2.05) is 43.7 Å². The molecule has 0 aliphatic carbocycles. The lowest BCUT2D eigenvalue weighted by Crippen LogP contribution is -2.39. The lowest BCUT2D eigenvalue weighted by atomic mass is 10.2. The Balaban J connectivity index is 1.56. The number of amides is 1. The van der Waals surface area contributed by atoms with Crippen LogP contribution in [0.2, 0.25) is 10.0 Å². The fourth-order valence-electron chi connectivity index (χ4n) is 4.34. The van der Waals surface area contributed by atoms with Crippen molar-refractivity contribution in [2.24, 2.45) is 5.10 Å². The molecule has 1 amide bonds. The van der Waals surface area contributed by atoms with Gasteiger partial charge in [0.2, 0.25) is 0 Å². The molecule has 0 aliphatic heterocycles. The summed E-state index contributed by atoms with van der Waals surface area (Å²) in [6.45, 7) is 5.70. The second kappa shape index (κ2) is 13.7. The van der Waals surface area contributed by atoms with Gasteiger partial charge in [-0.05, 0) is 99.8 Å². The summed E-state index contributed by atoms with van der Waals surface area (Å²) in [5.74, 6) is -0.0156. The summed E-state index contributed by atoms with van der Waals surface area (Å²) in [5.41, 5.74) is 6.19. The van der Waals surface area contributed by atoms with E-state index < -0.39 is 22.5 Å². The predicted octanol–water partition coefficient (Wildman–Crippen LogP) is 6.87. The van der Waals surface area contributed by atoms with Crippen LogP contribution < -0.4 is 14.5 Å². The monoisotopic (exact) mass is 644 g/mol. The molecule has 42 heavy (non-hydrogen) atoms. The number of nitrogens with one attached hydrogen (secondary N) is 1. The number of benzene rings is 3. The Labute approximate surface area is 260 Å². The van der Waals surface area contributed by atoms with Gasteiger partial charge < -0.3 is 9.30 Å². The van der Waals surface area contributed by atoms with Gasteiger partial charge in [0, 0.05) is 27.5 Å². The Kier molecular flexibility index (Phi) is 10.3. The van der Waals surface area contributed by atoms with Gasteiger partial charge in [-0.1, -0.05) is 23.2 Å². The molecule has 1 aromatic heterocycles. The number of hydrogen-bond donors (Lipinski definition) is 1. The zero-order valence-corrected chi connectivity index (χ0v) is 26.6. The van der Waals surface area contributed by atoms with Crippen molar-refractivity contribution >= 4 is 62.8 Å². The largest absolute Gasteiger partial charge is 0.494 e. The van der Waals surface area contributed by atoms with Crippen LogP contribution in [0.3, 0.4) is 0 Å². The molecule has 12 heteroatoms. The second-order valence-electron chi connectivity index (χ2n) is 9.17. The Morgan fingerprint density at radius 2 is 1.71 bits per heavy atom. The third-order valence-corrected chi connectivity index (χ3v) is 9.67. The van der Waals surface area contributed by atoms with Gasteiger partial charge in [-0.2, -0.15) is 5.10 Å². The number of hydrogen-bond acceptors (Lipinski definition) is 6. The molecular weight excluding hydrogens is 615 g/mol. The highest BCUT2D eigenvalue weighted by Crippen LogP contribution is 2.28. The highest BCUT2D eigenvalue weighted by Gasteiger charge is 2.27. The van der Waals surface area contributed by atoms with Crippen LogP contribution in [-0.4, -0.2) is 44.5 Å². The van der Waals surface area contributed by atoms with Crippen molar-refractivity contribution in [3.63, 3.8) is 0 Å². The number of rotatable bonds is 11. The number of aromatic nitrogens is 1. The van der Waals surface area contributed by atoms with Gasteiger partial charge in [-0.25, -0.2) is 13.8 Å². The van der Waals surface area contributed by atoms with E-state index in [9.17, 15) is 13.2 Å². The van der Waals surface area contributed by atoms with Crippen LogP contribution in [0.4, 0.5) is 5.69 Å². The van der Waals surface area contributed by atoms with E-state index in [-0.39, 0.29) is 4.90 Å². The fraction of sp³-hybridized carbons (Fsp3) is 0.200. The van der Waals surface area contributed by atoms with Crippen molar-refractivity contribution < 1.29 is 17.9 Å². The number of carbonyl (C=O) groups excluding carboxylic acids is 1. The van der Waals surface area contributed by atoms with Crippen LogP contribution in [0.15, 0.2) is 87.7 Å². The average Bonchev–Trinajstić information content (AvgIpc) is 3.26. The van der Waals surface area contributed by atoms with E-state index in [0.29, 0.717) is 28.1 Å². The second-order valence-corrected chi connectivity index (χ2v) is 12.7. The summed E-state index contributed by atoms with van der Waals surface area (Å²) in [7, 11) is -4.08. The summed E-state index contributed by atoms with van der Waals surface area (Å²) >= 11 is 13.8. The van der Waals surface area contributed by atoms with Crippen molar-refractivity contribution in [1.29, 1.82) is 0 Å². The summed E-state index contributed by atoms with van der Waals surface area (Å²) in [6.07, 6.45) is 3.43. The van der Waals surface area contributed by atoms with Crippen LogP contribution in [0.1, 0.15) is 23.9 Å². The number of ether oxygens (including phenoxy) is 1. The highest BCUT2D eigenvalue weighted by molar-refractivity contribution is 7.98. The van der Waals surface area contributed by atoms with Gasteiger partial charge >= 0.3 is 0 Å². The lowest BCUT2D eigenvalue weighted by Gasteiger charge is -2.24. The molecule has 1 heterocycles. The molecular formula is C30H30Cl2N4O4S2. The third-order valence-electron chi connectivity index (χ3n) is 6.39. The molecule has 220 valence electrons. The first-order valence-corrected chi connectivity index (χ1v) is 16.3. The molecule has 0 bridgehead atoms. The van der Waals surface area contributed by atoms with Gasteiger partial charge in [0.25, 0.3) is 15.9 Å². The Morgan fingerprint density at radius 3 is 2.33 bits per heavy atom. The zero-order chi connectivity index (χ0) is 30.4. The van der Waals surface area contributed by atoms with Crippen LogP contribution >= 0.6 is 35.0 Å². The number of halogens is 2. The Morgan fingerprint density at radius 1 is 1.02 bits per heavy atom. The molecule has 1 N–H and O–H groups in total. The van der Waals surface area contributed by atoms with Crippen molar-refractivity contribution in [3.05, 3.63) is 99.8 Å². The summed E-state index contributed by atoms with van der Waals surface area (Å²) in [6, 6.07) is 20.3. The zero-order valence-electron chi connectivity index (χ0n) is 23.5. The van der Waals surface area contributed by atoms with E-state index >= 15 is 0 Å². The number of nitrogens with zero attached hydrogens (tertiary/aromatic N) is 3. The number of carbonyl (C=O) groups is 1. The van der Waals surface area contributed by atoms with Gasteiger partial charge in [0.05, 0.1) is 33.4 Å². The molecule has 0 unspecified atom stereocenters. The quantitative estimate of drug-likeness (QED) is 0.109. The number of thioether (sulfide) groups is 1. The van der Waals surface area contributed by atoms with Crippen LogP contribution in [0, 0.1) is 13.8 Å². The number of anilines is 1. The van der Waals surface area contributed by atoms with E-state index in [4.69, 9.17) is 27.9 Å². The lowest BCUT2D eigenvalue weighted by molar-refractivity contribution is -0.119. The van der Waals surface area contributed by atoms with Gasteiger partial charge in [0.1, 0.15) is 12.3 Å². The minimum atomic E-state index is -4.08. The van der Waals surface area contributed by atoms with E-state index in [1.165, 1.54) is 30.1 Å². The normalized spacial score (nSPS) is 11.6. The summed E-state index contributed by atoms with van der Waals surface area (Å²) < 4.78 is 35.9. The fourth-order valence-corrected chi connectivity index (χ4v) is 6.47. The molecule has 0 saturated carbocycles. The maximum atomic E-state index is 13.7. The van der Waals surface area contributed by atoms with Gasteiger partial charge in [0.15, 0.2) is 0 Å². The summed E-state index contributed by atoms with van der Waals surface area (Å²) in [5, 5.41) is 5.02. The van der Waals surface area contributed by atoms with E-state index in [1.54, 1.807) is 48.5 Å². The first kappa shape index (κ1) is 31.5. The molecule has 0 saturated heterocycles. The molecule has 8 nitrogen and oxygen atoms in total. The Hall–Kier alpha value is -3.44. The SMILES string of the molecule is CCOc1ccc(N(CC(=O)N/N=C\c2cc(C)n(-c3ccc(Cl)c(Cl)c3)c2C)S(=O)(=O)c2ccc(SC)cc2)cc1. The molecule has 3 aromatic carbocycles. The highest BCUT2D eigenvalue weighted by atomic mass is 35.5. The van der Waals surface area contributed by atoms with Crippen molar-refractivity contribution in [2.45, 2.75) is 30.6 Å². The third kappa shape index (κ3) is 7.12. The first-order chi connectivity index (χ1) is 20.0. The molecule has 0 spiro atoms. The minimum absolute atomic E-state index is 0.0697. The Bertz CT molecular complexity index is 1700. The molecule has 4 rings (SSSR count). The standard InChI is InChI=1S/C30H30Cl2N4O4S2/c1-5-40-25-9-6-23(7-10-25)35(42(38,39)27-13-11-26(41-4)12-14-27)19-30(37)34-33-18-22-16-20(2)36(21(22)3)24-8-15-28(31)29(32)17-24/h6-18H,5,19H2,1-4H3,(H,34,37)/b33-18-. The molecule has 0 aliphatic rings. The minimum Gasteiger partial charge on any atom is -0.494 e. The number of hydrazone groups is 1. The molecule has 4 aromatic rings. The van der Waals surface area contributed by atoms with Crippen LogP contribution in [0.5, 0.6) is 5.75 Å². The van der Waals surface area contributed by atoms with Gasteiger partial charge in [-0.3, -0.25) is 9.10 Å². The first-order valence-electron chi connectivity index (χ1n) is 12.9. The topological polar surface area (TPSA) is 93.0 Å². The van der Waals surface area contributed by atoms with E-state index in [0.717, 1.165) is 31.8 Å². The predicted molar refractivity (Wildman–Crippen MR) is 171 cm³/mol. The summed E-state index contributed by atoms with van der Waals surface area (Å²) in [4.78, 5) is 14.0. The van der Waals surface area contributed by atoms with E-state index in [2.05, 4.69) is 10.5 Å². The van der Waals surface area contributed by atoms with Gasteiger partial charge in [-0.15, -0.1) is 11.8 Å². The van der Waals surface area contributed by atoms with Crippen molar-refractivity contribution in [1.82, 2.24) is 9.99 Å². The maximum Gasteiger partial charge on any atom is 0.264 e. The molecule has 0 fully saturated rings. The van der Waals surface area contributed by atoms with Crippen molar-refractivity contribution in [2.75, 3.05) is 23.7 Å². The maximum absolute atomic E-state index is 13.7. The number of aryl methyl sites for hydroxylation is 1. The van der Waals surface area contributed by atoms with Crippen LogP contribution in [0.25, 0.3) is 5.69 Å². The average molecular weight is 646 g/mol. The van der Waals surface area contributed by atoms with Crippen LogP contribution in [-0.2, 0) is 14.8 Å².